The van der Waals surface area contributed by atoms with E-state index in [0.29, 0.717) is 31.6 Å². The van der Waals surface area contributed by atoms with E-state index in [4.69, 9.17) is 0 Å². The summed E-state index contributed by atoms with van der Waals surface area (Å²) in [7, 11) is 6.16. The number of nitrogens with zero attached hydrogens (tertiary/aromatic N) is 4. The minimum Gasteiger partial charge on any atom is -0.347 e. The molecule has 3 atom stereocenters. The number of imide groups is 1. The number of nitrogens with one attached hydrogen (secondary N) is 1. The van der Waals surface area contributed by atoms with Gasteiger partial charge in [0.15, 0.2) is 0 Å². The van der Waals surface area contributed by atoms with Gasteiger partial charge in [-0.1, -0.05) is 12.1 Å². The molecule has 2 aromatic rings. The summed E-state index contributed by atoms with van der Waals surface area (Å²) in [4.78, 5) is 32.4. The number of hydrogen-bond donors (Lipinski definition) is 1. The van der Waals surface area contributed by atoms with Crippen molar-refractivity contribution in [1.82, 2.24) is 24.6 Å². The second kappa shape index (κ2) is 9.85. The van der Waals surface area contributed by atoms with Gasteiger partial charge < -0.3 is 19.7 Å². The number of amides is 3. The Kier molecular flexibility index (Phi) is 7.10. The second-order valence-corrected chi connectivity index (χ2v) is 9.91. The van der Waals surface area contributed by atoms with Crippen molar-refractivity contribution < 1.29 is 9.59 Å². The highest BCUT2D eigenvalue weighted by Gasteiger charge is 2.43. The maximum Gasteiger partial charge on any atom is 0.324 e. The van der Waals surface area contributed by atoms with Gasteiger partial charge in [0.25, 0.3) is 0 Å². The number of piperidine rings is 1. The summed E-state index contributed by atoms with van der Waals surface area (Å²) in [5.74, 6) is 0.0943. The van der Waals surface area contributed by atoms with Crippen molar-refractivity contribution in [1.29, 1.82) is 0 Å². The SMILES string of the molecule is CCNC(=O)N(CCCN(C)C)C(=O)C1C[C@@H]2c3cccc4c3c(cn4CC)C[C@H]2N(C)C1. The number of hydrogen-bond acceptors (Lipinski definition) is 4. The molecule has 4 rings (SSSR count). The van der Waals surface area contributed by atoms with Gasteiger partial charge in [0, 0.05) is 55.2 Å². The van der Waals surface area contributed by atoms with E-state index >= 15 is 0 Å². The predicted molar refractivity (Wildman–Crippen MR) is 133 cm³/mol. The normalized spacial score (nSPS) is 22.4. The Labute approximate surface area is 197 Å². The molecular weight excluding hydrogens is 414 g/mol. The molecule has 7 heteroatoms. The van der Waals surface area contributed by atoms with Gasteiger partial charge in [0.2, 0.25) is 5.91 Å². The van der Waals surface area contributed by atoms with Crippen LogP contribution < -0.4 is 5.32 Å². The number of likely N-dealkylation sites (N-methyl/N-ethyl adjacent to an activating group) is 1. The van der Waals surface area contributed by atoms with Crippen LogP contribution in [0.15, 0.2) is 24.4 Å². The summed E-state index contributed by atoms with van der Waals surface area (Å²) >= 11 is 0. The third-order valence-electron chi connectivity index (χ3n) is 7.44. The van der Waals surface area contributed by atoms with Crippen LogP contribution in [0, 0.1) is 5.92 Å². The second-order valence-electron chi connectivity index (χ2n) is 9.91. The Morgan fingerprint density at radius 1 is 1.18 bits per heavy atom. The van der Waals surface area contributed by atoms with E-state index in [1.54, 1.807) is 0 Å². The van der Waals surface area contributed by atoms with Gasteiger partial charge >= 0.3 is 6.03 Å². The number of benzene rings is 1. The minimum atomic E-state index is -0.265. The number of aryl methyl sites for hydroxylation is 1. The molecule has 1 saturated heterocycles. The van der Waals surface area contributed by atoms with Crippen LogP contribution in [0.5, 0.6) is 0 Å². The number of likely N-dealkylation sites (tertiary alicyclic amines) is 1. The summed E-state index contributed by atoms with van der Waals surface area (Å²) in [6.45, 7) is 7.55. The first-order valence-electron chi connectivity index (χ1n) is 12.4. The average molecular weight is 454 g/mol. The van der Waals surface area contributed by atoms with Gasteiger partial charge in [-0.15, -0.1) is 0 Å². The van der Waals surface area contributed by atoms with Crippen molar-refractivity contribution in [3.63, 3.8) is 0 Å². The van der Waals surface area contributed by atoms with Crippen molar-refractivity contribution in [2.75, 3.05) is 47.3 Å². The predicted octanol–water partition coefficient (Wildman–Crippen LogP) is 3.13. The van der Waals surface area contributed by atoms with Gasteiger partial charge in [-0.2, -0.15) is 0 Å². The standard InChI is InChI=1S/C26H39N5O2/c1-6-27-26(33)31(13-9-12-28(3)4)25(32)19-14-21-20-10-8-11-22-24(20)18(17-30(22)7-2)15-23(21)29(5)16-19/h8,10-11,17,19,21,23H,6-7,9,12-16H2,1-5H3,(H,27,33)/t19?,21-,23-/m1/s1. The van der Waals surface area contributed by atoms with E-state index in [0.717, 1.165) is 32.4 Å². The van der Waals surface area contributed by atoms with Crippen LogP contribution in [-0.2, 0) is 17.8 Å². The molecule has 2 aliphatic rings. The van der Waals surface area contributed by atoms with Crippen LogP contribution in [0.2, 0.25) is 0 Å². The molecule has 1 aliphatic heterocycles. The van der Waals surface area contributed by atoms with Crippen molar-refractivity contribution in [3.05, 3.63) is 35.5 Å². The van der Waals surface area contributed by atoms with Crippen LogP contribution in [0.1, 0.15) is 43.7 Å². The topological polar surface area (TPSA) is 60.8 Å². The zero-order valence-electron chi connectivity index (χ0n) is 20.8. The lowest BCUT2D eigenvalue weighted by Gasteiger charge is -2.45. The molecule has 0 radical (unpaired) electrons. The summed E-state index contributed by atoms with van der Waals surface area (Å²) in [6.07, 6.45) is 4.91. The van der Waals surface area contributed by atoms with E-state index < -0.39 is 0 Å². The maximum atomic E-state index is 13.7. The van der Waals surface area contributed by atoms with Crippen molar-refractivity contribution in [3.8, 4) is 0 Å². The zero-order valence-corrected chi connectivity index (χ0v) is 20.8. The fourth-order valence-corrected chi connectivity index (χ4v) is 5.88. The maximum absolute atomic E-state index is 13.7. The third-order valence-corrected chi connectivity index (χ3v) is 7.44. The lowest BCUT2D eigenvalue weighted by Crippen LogP contribution is -2.54. The van der Waals surface area contributed by atoms with Crippen LogP contribution in [0.4, 0.5) is 4.79 Å². The Balaban J connectivity index is 1.60. The van der Waals surface area contributed by atoms with Gasteiger partial charge in [0.1, 0.15) is 0 Å². The first-order valence-corrected chi connectivity index (χ1v) is 12.4. The van der Waals surface area contributed by atoms with Crippen LogP contribution in [-0.4, -0.2) is 84.6 Å². The Morgan fingerprint density at radius 2 is 1.97 bits per heavy atom. The molecule has 1 fully saturated rings. The fourth-order valence-electron chi connectivity index (χ4n) is 5.88. The third kappa shape index (κ3) is 4.53. The number of aromatic nitrogens is 1. The molecule has 0 bridgehead atoms. The van der Waals surface area contributed by atoms with Crippen LogP contribution >= 0.6 is 0 Å². The number of urea groups is 1. The van der Waals surface area contributed by atoms with Crippen molar-refractivity contribution >= 4 is 22.8 Å². The molecule has 2 heterocycles. The highest BCUT2D eigenvalue weighted by molar-refractivity contribution is 5.96. The Bertz CT molecular complexity index is 1010. The summed E-state index contributed by atoms with van der Waals surface area (Å²) in [5, 5.41) is 4.23. The highest BCUT2D eigenvalue weighted by Crippen LogP contribution is 2.45. The monoisotopic (exact) mass is 453 g/mol. The molecule has 1 N–H and O–H groups in total. The lowest BCUT2D eigenvalue weighted by molar-refractivity contribution is -0.135. The average Bonchev–Trinajstić information content (AvgIpc) is 3.16. The van der Waals surface area contributed by atoms with E-state index in [2.05, 4.69) is 58.1 Å². The minimum absolute atomic E-state index is 0.0332. The number of carbonyl (C=O) groups excluding carboxylic acids is 2. The van der Waals surface area contributed by atoms with E-state index in [1.165, 1.54) is 26.9 Å². The van der Waals surface area contributed by atoms with Crippen LogP contribution in [0.3, 0.4) is 0 Å². The molecule has 1 aliphatic carbocycles. The number of fused-ring (bicyclic) bond motifs is 2. The molecule has 0 saturated carbocycles. The van der Waals surface area contributed by atoms with Gasteiger partial charge in [0.05, 0.1) is 5.92 Å². The summed E-state index contributed by atoms with van der Waals surface area (Å²) < 4.78 is 2.34. The van der Waals surface area contributed by atoms with E-state index in [9.17, 15) is 9.59 Å². The molecule has 7 nitrogen and oxygen atoms in total. The van der Waals surface area contributed by atoms with Gasteiger partial charge in [-0.25, -0.2) is 4.79 Å². The number of carbonyl (C=O) groups is 2. The van der Waals surface area contributed by atoms with Crippen LogP contribution in [0.25, 0.3) is 10.9 Å². The number of rotatable bonds is 7. The van der Waals surface area contributed by atoms with E-state index in [1.807, 2.05) is 21.0 Å². The zero-order chi connectivity index (χ0) is 23.7. The largest absolute Gasteiger partial charge is 0.347 e. The van der Waals surface area contributed by atoms with E-state index in [-0.39, 0.29) is 17.9 Å². The van der Waals surface area contributed by atoms with Crippen molar-refractivity contribution in [2.24, 2.45) is 5.92 Å². The molecular formula is C26H39N5O2. The summed E-state index contributed by atoms with van der Waals surface area (Å²) in [5.41, 5.74) is 4.09. The molecule has 0 spiro atoms. The summed E-state index contributed by atoms with van der Waals surface area (Å²) in [6, 6.07) is 6.75. The molecule has 1 aromatic carbocycles. The van der Waals surface area contributed by atoms with Gasteiger partial charge in [-0.3, -0.25) is 9.69 Å². The van der Waals surface area contributed by atoms with Gasteiger partial charge in [-0.05, 0) is 78.0 Å². The lowest BCUT2D eigenvalue weighted by atomic mass is 9.72. The first kappa shape index (κ1) is 23.8. The highest BCUT2D eigenvalue weighted by atomic mass is 16.2. The Hall–Kier alpha value is -2.38. The molecule has 33 heavy (non-hydrogen) atoms. The molecule has 1 unspecified atom stereocenters. The smallest absolute Gasteiger partial charge is 0.324 e. The fraction of sp³-hybridized carbons (Fsp3) is 0.615. The quantitative estimate of drug-likeness (QED) is 0.700. The molecule has 3 amide bonds. The molecule has 1 aromatic heterocycles. The molecule has 180 valence electrons. The Morgan fingerprint density at radius 3 is 2.67 bits per heavy atom. The first-order chi connectivity index (χ1) is 15.8. The van der Waals surface area contributed by atoms with Crippen molar-refractivity contribution in [2.45, 2.75) is 51.6 Å².